The number of rotatable bonds is 2. The van der Waals surface area contributed by atoms with E-state index < -0.39 is 18.3 Å². The number of aromatic nitrogens is 2. The SMILES string of the molecule is CC(O)(Cn1cc(Br)cn1)C(F)(F)F. The molecule has 1 unspecified atom stereocenters. The first kappa shape index (κ1) is 11.5. The van der Waals surface area contributed by atoms with Gasteiger partial charge in [0.05, 0.1) is 17.2 Å². The normalized spacial score (nSPS) is 16.7. The van der Waals surface area contributed by atoms with Gasteiger partial charge in [-0.15, -0.1) is 0 Å². The Labute approximate surface area is 86.7 Å². The lowest BCUT2D eigenvalue weighted by molar-refractivity contribution is -0.258. The smallest absolute Gasteiger partial charge is 0.379 e. The molecule has 1 rings (SSSR count). The Bertz CT molecular complexity index is 321. The second-order valence-corrected chi connectivity index (χ2v) is 4.04. The van der Waals surface area contributed by atoms with Gasteiger partial charge in [-0.3, -0.25) is 4.68 Å². The zero-order valence-electron chi connectivity index (χ0n) is 7.22. The molecule has 0 amide bonds. The molecule has 7 heteroatoms. The molecule has 1 aromatic rings. The van der Waals surface area contributed by atoms with Crippen LogP contribution in [-0.2, 0) is 6.54 Å². The van der Waals surface area contributed by atoms with E-state index in [1.165, 1.54) is 12.4 Å². The molecule has 1 atom stereocenters. The monoisotopic (exact) mass is 272 g/mol. The van der Waals surface area contributed by atoms with Gasteiger partial charge in [0.2, 0.25) is 0 Å². The van der Waals surface area contributed by atoms with Crippen LogP contribution in [0.5, 0.6) is 0 Å². The highest BCUT2D eigenvalue weighted by Crippen LogP contribution is 2.31. The maximum Gasteiger partial charge on any atom is 0.418 e. The van der Waals surface area contributed by atoms with Crippen molar-refractivity contribution in [3.63, 3.8) is 0 Å². The molecule has 0 radical (unpaired) electrons. The quantitative estimate of drug-likeness (QED) is 0.894. The van der Waals surface area contributed by atoms with Crippen molar-refractivity contribution in [2.45, 2.75) is 25.2 Å². The number of hydrogen-bond donors (Lipinski definition) is 1. The highest BCUT2D eigenvalue weighted by atomic mass is 79.9. The molecule has 80 valence electrons. The third-order valence-corrected chi connectivity index (χ3v) is 2.09. The number of halogens is 4. The Kier molecular flexibility index (Phi) is 2.91. The average Bonchev–Trinajstić information content (AvgIpc) is 2.31. The van der Waals surface area contributed by atoms with E-state index in [0.717, 1.165) is 4.68 Å². The van der Waals surface area contributed by atoms with Gasteiger partial charge in [0.15, 0.2) is 5.60 Å². The van der Waals surface area contributed by atoms with Gasteiger partial charge in [0.1, 0.15) is 0 Å². The minimum absolute atomic E-state index is 0.565. The predicted octanol–water partition coefficient (Wildman–Crippen LogP) is 1.96. The van der Waals surface area contributed by atoms with E-state index in [4.69, 9.17) is 5.11 Å². The minimum atomic E-state index is -4.66. The van der Waals surface area contributed by atoms with E-state index >= 15 is 0 Å². The van der Waals surface area contributed by atoms with Crippen molar-refractivity contribution in [3.8, 4) is 0 Å². The van der Waals surface area contributed by atoms with E-state index in [2.05, 4.69) is 21.0 Å². The molecule has 0 aliphatic carbocycles. The van der Waals surface area contributed by atoms with Gasteiger partial charge in [-0.25, -0.2) is 0 Å². The van der Waals surface area contributed by atoms with Crippen LogP contribution in [0.1, 0.15) is 6.92 Å². The molecular formula is C7H8BrF3N2O. The van der Waals surface area contributed by atoms with Crippen molar-refractivity contribution >= 4 is 15.9 Å². The molecule has 3 nitrogen and oxygen atoms in total. The summed E-state index contributed by atoms with van der Waals surface area (Å²) in [6, 6.07) is 0. The lowest BCUT2D eigenvalue weighted by Crippen LogP contribution is -2.45. The van der Waals surface area contributed by atoms with Gasteiger partial charge < -0.3 is 5.11 Å². The molecule has 0 bridgehead atoms. The summed E-state index contributed by atoms with van der Waals surface area (Å²) in [4.78, 5) is 0. The third-order valence-electron chi connectivity index (χ3n) is 1.68. The van der Waals surface area contributed by atoms with Gasteiger partial charge in [0.25, 0.3) is 0 Å². The van der Waals surface area contributed by atoms with Gasteiger partial charge in [-0.05, 0) is 22.9 Å². The van der Waals surface area contributed by atoms with Crippen LogP contribution in [0.15, 0.2) is 16.9 Å². The fourth-order valence-electron chi connectivity index (χ4n) is 0.830. The largest absolute Gasteiger partial charge is 0.418 e. The first-order valence-corrected chi connectivity index (χ1v) is 4.49. The van der Waals surface area contributed by atoms with Crippen molar-refractivity contribution in [2.75, 3.05) is 0 Å². The van der Waals surface area contributed by atoms with Crippen LogP contribution in [0.4, 0.5) is 13.2 Å². The summed E-state index contributed by atoms with van der Waals surface area (Å²) < 4.78 is 38.3. The molecular weight excluding hydrogens is 265 g/mol. The molecule has 0 saturated carbocycles. The van der Waals surface area contributed by atoms with E-state index in [0.29, 0.717) is 11.4 Å². The number of aliphatic hydroxyl groups is 1. The molecule has 1 N–H and O–H groups in total. The standard InChI is InChI=1S/C7H8BrF3N2O/c1-6(14,7(9,10)11)4-13-3-5(8)2-12-13/h2-3,14H,4H2,1H3. The Hall–Kier alpha value is -0.560. The first-order valence-electron chi connectivity index (χ1n) is 3.69. The van der Waals surface area contributed by atoms with Crippen LogP contribution in [0.2, 0.25) is 0 Å². The fourth-order valence-corrected chi connectivity index (χ4v) is 1.16. The van der Waals surface area contributed by atoms with Gasteiger partial charge in [-0.1, -0.05) is 0 Å². The average molecular weight is 273 g/mol. The van der Waals surface area contributed by atoms with E-state index in [1.54, 1.807) is 0 Å². The fraction of sp³-hybridized carbons (Fsp3) is 0.571. The molecule has 0 spiro atoms. The zero-order chi connectivity index (χ0) is 11.0. The lowest BCUT2D eigenvalue weighted by Gasteiger charge is -2.25. The second-order valence-electron chi connectivity index (χ2n) is 3.13. The van der Waals surface area contributed by atoms with Crippen molar-refractivity contribution < 1.29 is 18.3 Å². The van der Waals surface area contributed by atoms with Crippen molar-refractivity contribution in [3.05, 3.63) is 16.9 Å². The van der Waals surface area contributed by atoms with Crippen LogP contribution in [0, 0.1) is 0 Å². The topological polar surface area (TPSA) is 38.0 Å². The number of hydrogen-bond acceptors (Lipinski definition) is 2. The van der Waals surface area contributed by atoms with Crippen LogP contribution < -0.4 is 0 Å². The maximum absolute atomic E-state index is 12.2. The lowest BCUT2D eigenvalue weighted by atomic mass is 10.1. The van der Waals surface area contributed by atoms with Crippen molar-refractivity contribution in [2.24, 2.45) is 0 Å². The summed E-state index contributed by atoms with van der Waals surface area (Å²) in [7, 11) is 0. The molecule has 0 aliphatic rings. The van der Waals surface area contributed by atoms with Gasteiger partial charge in [-0.2, -0.15) is 18.3 Å². The molecule has 14 heavy (non-hydrogen) atoms. The molecule has 0 aromatic carbocycles. The third kappa shape index (κ3) is 2.48. The van der Waals surface area contributed by atoms with E-state index in [1.807, 2.05) is 0 Å². The molecule has 0 fully saturated rings. The van der Waals surface area contributed by atoms with Gasteiger partial charge in [0, 0.05) is 6.20 Å². The van der Waals surface area contributed by atoms with Crippen molar-refractivity contribution in [1.29, 1.82) is 0 Å². The Morgan fingerprint density at radius 3 is 2.50 bits per heavy atom. The van der Waals surface area contributed by atoms with Crippen LogP contribution in [0.3, 0.4) is 0 Å². The molecule has 1 aromatic heterocycles. The zero-order valence-corrected chi connectivity index (χ0v) is 8.80. The second kappa shape index (κ2) is 3.54. The summed E-state index contributed by atoms with van der Waals surface area (Å²) in [5.74, 6) is 0. The minimum Gasteiger partial charge on any atom is -0.379 e. The van der Waals surface area contributed by atoms with Crippen LogP contribution in [-0.4, -0.2) is 26.7 Å². The summed E-state index contributed by atoms with van der Waals surface area (Å²) >= 11 is 3.04. The van der Waals surface area contributed by atoms with E-state index in [9.17, 15) is 13.2 Å². The summed E-state index contributed by atoms with van der Waals surface area (Å²) in [6.07, 6.45) is -1.95. The highest BCUT2D eigenvalue weighted by Gasteiger charge is 2.50. The maximum atomic E-state index is 12.2. The summed E-state index contributed by atoms with van der Waals surface area (Å²) in [5, 5.41) is 12.7. The van der Waals surface area contributed by atoms with Gasteiger partial charge >= 0.3 is 6.18 Å². The van der Waals surface area contributed by atoms with Crippen LogP contribution in [0.25, 0.3) is 0 Å². The van der Waals surface area contributed by atoms with Crippen LogP contribution >= 0.6 is 15.9 Å². The molecule has 0 aliphatic heterocycles. The number of alkyl halides is 3. The summed E-state index contributed by atoms with van der Waals surface area (Å²) in [6.45, 7) is 0.0880. The Morgan fingerprint density at radius 1 is 1.57 bits per heavy atom. The molecule has 0 saturated heterocycles. The van der Waals surface area contributed by atoms with Crippen molar-refractivity contribution in [1.82, 2.24) is 9.78 Å². The first-order chi connectivity index (χ1) is 6.22. The summed E-state index contributed by atoms with van der Waals surface area (Å²) in [5.41, 5.74) is -2.77. The Balaban J connectivity index is 2.78. The highest BCUT2D eigenvalue weighted by molar-refractivity contribution is 9.10. The van der Waals surface area contributed by atoms with E-state index in [-0.39, 0.29) is 0 Å². The predicted molar refractivity (Wildman–Crippen MR) is 46.6 cm³/mol. The Morgan fingerprint density at radius 2 is 2.14 bits per heavy atom. The molecule has 1 heterocycles. The number of nitrogens with zero attached hydrogens (tertiary/aromatic N) is 2.